The molecule has 0 aliphatic carbocycles. The maximum absolute atomic E-state index is 8.96. The molecule has 0 bridgehead atoms. The van der Waals surface area contributed by atoms with Crippen molar-refractivity contribution in [2.75, 3.05) is 5.73 Å². The molecule has 0 aliphatic heterocycles. The molecule has 0 aromatic carbocycles. The molecule has 1 unspecified atom stereocenters. The number of rotatable bonds is 3. The Labute approximate surface area is 85.5 Å². The van der Waals surface area contributed by atoms with E-state index < -0.39 is 6.29 Å². The fraction of sp³-hybridized carbons (Fsp3) is 0.375. The van der Waals surface area contributed by atoms with Gasteiger partial charge in [-0.1, -0.05) is 0 Å². The van der Waals surface area contributed by atoms with Gasteiger partial charge >= 0.3 is 0 Å². The molecule has 0 saturated heterocycles. The third kappa shape index (κ3) is 1.88. The zero-order chi connectivity index (χ0) is 10.8. The summed E-state index contributed by atoms with van der Waals surface area (Å²) >= 11 is 0. The van der Waals surface area contributed by atoms with Gasteiger partial charge in [0.05, 0.1) is 6.33 Å². The van der Waals surface area contributed by atoms with Gasteiger partial charge in [0.1, 0.15) is 18.6 Å². The van der Waals surface area contributed by atoms with Crippen LogP contribution < -0.4 is 5.73 Å². The molecular formula is C8H11N5O2. The molecular weight excluding hydrogens is 198 g/mol. The van der Waals surface area contributed by atoms with Gasteiger partial charge in [0.15, 0.2) is 17.8 Å². The SMILES string of the molecule is CC(O)OCn1cnc2c(N)ncnc21. The van der Waals surface area contributed by atoms with E-state index in [2.05, 4.69) is 15.0 Å². The highest BCUT2D eigenvalue weighted by molar-refractivity contribution is 5.80. The predicted molar refractivity (Wildman–Crippen MR) is 52.5 cm³/mol. The predicted octanol–water partition coefficient (Wildman–Crippen LogP) is -0.279. The van der Waals surface area contributed by atoms with E-state index in [0.717, 1.165) is 0 Å². The number of hydrogen-bond donors (Lipinski definition) is 2. The molecule has 7 nitrogen and oxygen atoms in total. The second-order valence-electron chi connectivity index (χ2n) is 3.04. The zero-order valence-electron chi connectivity index (χ0n) is 8.16. The number of nitrogens with zero attached hydrogens (tertiary/aromatic N) is 4. The number of fused-ring (bicyclic) bond motifs is 1. The highest BCUT2D eigenvalue weighted by Gasteiger charge is 2.07. The summed E-state index contributed by atoms with van der Waals surface area (Å²) in [7, 11) is 0. The molecule has 3 N–H and O–H groups in total. The van der Waals surface area contributed by atoms with Crippen molar-refractivity contribution in [3.63, 3.8) is 0 Å². The van der Waals surface area contributed by atoms with Gasteiger partial charge in [0.2, 0.25) is 0 Å². The summed E-state index contributed by atoms with van der Waals surface area (Å²) in [6.07, 6.45) is 2.07. The normalized spacial score (nSPS) is 13.2. The summed E-state index contributed by atoms with van der Waals surface area (Å²) in [6.45, 7) is 1.70. The quantitative estimate of drug-likeness (QED) is 0.674. The Hall–Kier alpha value is -1.73. The molecule has 1 atom stereocenters. The fourth-order valence-corrected chi connectivity index (χ4v) is 1.18. The lowest BCUT2D eigenvalue weighted by molar-refractivity contribution is -0.111. The molecule has 0 saturated carbocycles. The van der Waals surface area contributed by atoms with Crippen LogP contribution in [0.1, 0.15) is 6.92 Å². The Balaban J connectivity index is 2.33. The second-order valence-corrected chi connectivity index (χ2v) is 3.04. The molecule has 2 heterocycles. The van der Waals surface area contributed by atoms with Crippen LogP contribution in [0.2, 0.25) is 0 Å². The van der Waals surface area contributed by atoms with Gasteiger partial charge in [0, 0.05) is 0 Å². The van der Waals surface area contributed by atoms with Crippen LogP contribution >= 0.6 is 0 Å². The number of aliphatic hydroxyl groups is 1. The number of aliphatic hydroxyl groups excluding tert-OH is 1. The topological polar surface area (TPSA) is 99.1 Å². The number of hydrogen-bond acceptors (Lipinski definition) is 6. The van der Waals surface area contributed by atoms with E-state index in [-0.39, 0.29) is 6.73 Å². The van der Waals surface area contributed by atoms with E-state index in [1.165, 1.54) is 19.6 Å². The lowest BCUT2D eigenvalue weighted by Crippen LogP contribution is -2.10. The first-order valence-electron chi connectivity index (χ1n) is 4.39. The van der Waals surface area contributed by atoms with Crippen LogP contribution in [0.5, 0.6) is 0 Å². The molecule has 0 radical (unpaired) electrons. The first-order chi connectivity index (χ1) is 7.18. The van der Waals surface area contributed by atoms with Gasteiger partial charge < -0.3 is 15.6 Å². The third-order valence-corrected chi connectivity index (χ3v) is 1.88. The minimum atomic E-state index is -0.832. The van der Waals surface area contributed by atoms with E-state index in [1.54, 1.807) is 4.57 Å². The van der Waals surface area contributed by atoms with Gasteiger partial charge in [-0.2, -0.15) is 0 Å². The summed E-state index contributed by atoms with van der Waals surface area (Å²) in [5.74, 6) is 0.329. The Morgan fingerprint density at radius 1 is 1.53 bits per heavy atom. The number of nitrogens with two attached hydrogens (primary N) is 1. The van der Waals surface area contributed by atoms with Crippen LogP contribution in [0.4, 0.5) is 5.82 Å². The van der Waals surface area contributed by atoms with Gasteiger partial charge in [-0.25, -0.2) is 15.0 Å². The largest absolute Gasteiger partial charge is 0.382 e. The summed E-state index contributed by atoms with van der Waals surface area (Å²) in [5.41, 5.74) is 6.73. The summed E-state index contributed by atoms with van der Waals surface area (Å²) in [5, 5.41) is 8.96. The van der Waals surface area contributed by atoms with Crippen LogP contribution in [0.3, 0.4) is 0 Å². The van der Waals surface area contributed by atoms with E-state index in [9.17, 15) is 0 Å². The average Bonchev–Trinajstić information content (AvgIpc) is 2.59. The maximum Gasteiger partial charge on any atom is 0.167 e. The van der Waals surface area contributed by atoms with Crippen LogP contribution in [-0.2, 0) is 11.5 Å². The smallest absolute Gasteiger partial charge is 0.167 e. The van der Waals surface area contributed by atoms with E-state index >= 15 is 0 Å². The number of imidazole rings is 1. The van der Waals surface area contributed by atoms with Crippen LogP contribution in [0.25, 0.3) is 11.2 Å². The molecule has 0 fully saturated rings. The molecule has 80 valence electrons. The standard InChI is InChI=1S/C8H11N5O2/c1-5(14)15-4-13-3-12-6-7(9)10-2-11-8(6)13/h2-3,5,14H,4H2,1H3,(H2,9,10,11). The Bertz CT molecular complexity index is 467. The van der Waals surface area contributed by atoms with Crippen molar-refractivity contribution in [1.82, 2.24) is 19.5 Å². The molecule has 2 aromatic heterocycles. The zero-order valence-corrected chi connectivity index (χ0v) is 8.16. The molecule has 2 aromatic rings. The highest BCUT2D eigenvalue weighted by atomic mass is 16.6. The summed E-state index contributed by atoms with van der Waals surface area (Å²) in [6, 6.07) is 0. The maximum atomic E-state index is 8.96. The minimum absolute atomic E-state index is 0.171. The van der Waals surface area contributed by atoms with Crippen molar-refractivity contribution in [2.45, 2.75) is 19.9 Å². The van der Waals surface area contributed by atoms with E-state index in [4.69, 9.17) is 15.6 Å². The van der Waals surface area contributed by atoms with Crippen LogP contribution in [-0.4, -0.2) is 30.9 Å². The van der Waals surface area contributed by atoms with Crippen molar-refractivity contribution in [3.8, 4) is 0 Å². The van der Waals surface area contributed by atoms with Crippen molar-refractivity contribution < 1.29 is 9.84 Å². The van der Waals surface area contributed by atoms with Crippen molar-refractivity contribution >= 4 is 17.0 Å². The minimum Gasteiger partial charge on any atom is -0.382 e. The Morgan fingerprint density at radius 2 is 2.33 bits per heavy atom. The van der Waals surface area contributed by atoms with Crippen LogP contribution in [0.15, 0.2) is 12.7 Å². The fourth-order valence-electron chi connectivity index (χ4n) is 1.18. The summed E-state index contributed by atoms with van der Waals surface area (Å²) in [4.78, 5) is 11.9. The lowest BCUT2D eigenvalue weighted by atomic mass is 10.5. The number of aromatic nitrogens is 4. The van der Waals surface area contributed by atoms with Crippen molar-refractivity contribution in [2.24, 2.45) is 0 Å². The monoisotopic (exact) mass is 209 g/mol. The van der Waals surface area contributed by atoms with Gasteiger partial charge in [-0.3, -0.25) is 4.57 Å². The van der Waals surface area contributed by atoms with Crippen LogP contribution in [0, 0.1) is 0 Å². The molecule has 0 spiro atoms. The van der Waals surface area contributed by atoms with Gasteiger partial charge in [-0.05, 0) is 6.92 Å². The van der Waals surface area contributed by atoms with E-state index in [1.807, 2.05) is 0 Å². The first-order valence-corrected chi connectivity index (χ1v) is 4.39. The van der Waals surface area contributed by atoms with Gasteiger partial charge in [-0.15, -0.1) is 0 Å². The lowest BCUT2D eigenvalue weighted by Gasteiger charge is -2.07. The molecule has 15 heavy (non-hydrogen) atoms. The Kier molecular flexibility index (Phi) is 2.48. The van der Waals surface area contributed by atoms with E-state index in [0.29, 0.717) is 17.0 Å². The second kappa shape index (κ2) is 3.79. The number of nitrogen functional groups attached to an aromatic ring is 1. The average molecular weight is 209 g/mol. The molecule has 7 heteroatoms. The molecule has 2 rings (SSSR count). The number of anilines is 1. The van der Waals surface area contributed by atoms with Crippen molar-refractivity contribution in [1.29, 1.82) is 0 Å². The highest BCUT2D eigenvalue weighted by Crippen LogP contribution is 2.13. The number of ether oxygens (including phenoxy) is 1. The Morgan fingerprint density at radius 3 is 3.07 bits per heavy atom. The van der Waals surface area contributed by atoms with Crippen molar-refractivity contribution in [3.05, 3.63) is 12.7 Å². The first kappa shape index (κ1) is 9.81. The third-order valence-electron chi connectivity index (χ3n) is 1.88. The van der Waals surface area contributed by atoms with Gasteiger partial charge in [0.25, 0.3) is 0 Å². The molecule has 0 amide bonds. The molecule has 0 aliphatic rings. The summed E-state index contributed by atoms with van der Waals surface area (Å²) < 4.78 is 6.65.